The lowest BCUT2D eigenvalue weighted by atomic mass is 10.2. The molecule has 0 saturated carbocycles. The van der Waals surface area contributed by atoms with Gasteiger partial charge in [-0.1, -0.05) is 0 Å². The fourth-order valence-electron chi connectivity index (χ4n) is 1.82. The maximum atomic E-state index is 4.49. The molecule has 0 aliphatic heterocycles. The Hall–Kier alpha value is -1.62. The average Bonchev–Trinajstić information content (AvgIpc) is 3.04. The Bertz CT molecular complexity index is 485. The summed E-state index contributed by atoms with van der Waals surface area (Å²) in [6.45, 7) is 8.90. The van der Waals surface area contributed by atoms with Gasteiger partial charge in [-0.3, -0.25) is 9.36 Å². The average molecular weight is 247 g/mol. The molecule has 5 nitrogen and oxygen atoms in total. The molecule has 1 atom stereocenters. The Labute approximate surface area is 108 Å². The Morgan fingerprint density at radius 1 is 1.11 bits per heavy atom. The summed E-state index contributed by atoms with van der Waals surface area (Å²) in [5.41, 5.74) is 2.14. The van der Waals surface area contributed by atoms with Gasteiger partial charge in [0.05, 0.1) is 11.4 Å². The molecular formula is C13H21N5. The Morgan fingerprint density at radius 2 is 1.78 bits per heavy atom. The van der Waals surface area contributed by atoms with Crippen LogP contribution >= 0.6 is 0 Å². The number of nitrogens with one attached hydrogen (secondary N) is 1. The molecule has 0 amide bonds. The molecule has 1 N–H and O–H groups in total. The van der Waals surface area contributed by atoms with Crippen molar-refractivity contribution in [2.24, 2.45) is 0 Å². The van der Waals surface area contributed by atoms with Crippen LogP contribution in [-0.4, -0.2) is 19.6 Å². The molecule has 5 heteroatoms. The van der Waals surface area contributed by atoms with E-state index in [-0.39, 0.29) is 6.04 Å². The van der Waals surface area contributed by atoms with Crippen LogP contribution in [0.25, 0.3) is 0 Å². The quantitative estimate of drug-likeness (QED) is 0.849. The number of hydrogen-bond donors (Lipinski definition) is 1. The first kappa shape index (κ1) is 12.8. The molecule has 0 bridgehead atoms. The summed E-state index contributed by atoms with van der Waals surface area (Å²) in [5, 5.41) is 12.4. The topological polar surface area (TPSA) is 47.7 Å². The molecule has 2 rings (SSSR count). The summed E-state index contributed by atoms with van der Waals surface area (Å²) in [6.07, 6.45) is 4.02. The van der Waals surface area contributed by atoms with Crippen LogP contribution in [0, 0.1) is 0 Å². The van der Waals surface area contributed by atoms with Crippen LogP contribution in [0.3, 0.4) is 0 Å². The SMILES string of the molecule is CCn1ccc(CNC(C)c2ccn(CC)n2)n1. The highest BCUT2D eigenvalue weighted by Crippen LogP contribution is 2.10. The van der Waals surface area contributed by atoms with Gasteiger partial charge >= 0.3 is 0 Å². The van der Waals surface area contributed by atoms with Crippen molar-refractivity contribution in [2.75, 3.05) is 0 Å². The van der Waals surface area contributed by atoms with Crippen molar-refractivity contribution >= 4 is 0 Å². The molecule has 0 saturated heterocycles. The highest BCUT2D eigenvalue weighted by molar-refractivity contribution is 5.05. The Morgan fingerprint density at radius 3 is 2.39 bits per heavy atom. The second-order valence-electron chi connectivity index (χ2n) is 4.36. The van der Waals surface area contributed by atoms with Crippen molar-refractivity contribution in [3.63, 3.8) is 0 Å². The number of aromatic nitrogens is 4. The zero-order valence-electron chi connectivity index (χ0n) is 11.3. The van der Waals surface area contributed by atoms with E-state index in [1.54, 1.807) is 0 Å². The van der Waals surface area contributed by atoms with Gasteiger partial charge < -0.3 is 5.32 Å². The van der Waals surface area contributed by atoms with Gasteiger partial charge in [0, 0.05) is 38.1 Å². The fourth-order valence-corrected chi connectivity index (χ4v) is 1.82. The minimum absolute atomic E-state index is 0.240. The van der Waals surface area contributed by atoms with E-state index >= 15 is 0 Å². The maximum absolute atomic E-state index is 4.49. The normalized spacial score (nSPS) is 12.8. The van der Waals surface area contributed by atoms with Gasteiger partial charge in [-0.25, -0.2) is 0 Å². The molecular weight excluding hydrogens is 226 g/mol. The lowest BCUT2D eigenvalue weighted by Crippen LogP contribution is -2.19. The number of rotatable bonds is 6. The van der Waals surface area contributed by atoms with Crippen LogP contribution in [0.2, 0.25) is 0 Å². The fraction of sp³-hybridized carbons (Fsp3) is 0.538. The first-order valence-corrected chi connectivity index (χ1v) is 6.52. The van der Waals surface area contributed by atoms with Crippen LogP contribution < -0.4 is 5.32 Å². The van der Waals surface area contributed by atoms with Gasteiger partial charge in [0.2, 0.25) is 0 Å². The zero-order chi connectivity index (χ0) is 13.0. The minimum atomic E-state index is 0.240. The summed E-state index contributed by atoms with van der Waals surface area (Å²) in [5.74, 6) is 0. The largest absolute Gasteiger partial charge is 0.303 e. The molecule has 1 unspecified atom stereocenters. The van der Waals surface area contributed by atoms with E-state index in [4.69, 9.17) is 0 Å². The van der Waals surface area contributed by atoms with E-state index in [1.807, 2.05) is 27.8 Å². The summed E-state index contributed by atoms with van der Waals surface area (Å²) in [7, 11) is 0. The van der Waals surface area contributed by atoms with Crippen molar-refractivity contribution in [3.8, 4) is 0 Å². The van der Waals surface area contributed by atoms with Crippen LogP contribution in [0.15, 0.2) is 24.5 Å². The first-order chi connectivity index (χ1) is 8.72. The van der Waals surface area contributed by atoms with Crippen LogP contribution in [0.5, 0.6) is 0 Å². The summed E-state index contributed by atoms with van der Waals surface area (Å²) in [6, 6.07) is 4.35. The molecule has 0 aromatic carbocycles. The second-order valence-corrected chi connectivity index (χ2v) is 4.36. The third-order valence-electron chi connectivity index (χ3n) is 3.04. The third-order valence-corrected chi connectivity index (χ3v) is 3.04. The van der Waals surface area contributed by atoms with E-state index in [0.29, 0.717) is 0 Å². The molecule has 2 aromatic heterocycles. The van der Waals surface area contributed by atoms with Gasteiger partial charge in [0.25, 0.3) is 0 Å². The van der Waals surface area contributed by atoms with Crippen molar-refractivity contribution in [1.29, 1.82) is 0 Å². The minimum Gasteiger partial charge on any atom is -0.303 e. The number of aryl methyl sites for hydroxylation is 2. The van der Waals surface area contributed by atoms with Crippen molar-refractivity contribution < 1.29 is 0 Å². The first-order valence-electron chi connectivity index (χ1n) is 6.52. The monoisotopic (exact) mass is 247 g/mol. The molecule has 0 aliphatic carbocycles. The second kappa shape index (κ2) is 5.82. The number of hydrogen-bond acceptors (Lipinski definition) is 3. The molecule has 2 aromatic rings. The molecule has 0 spiro atoms. The van der Waals surface area contributed by atoms with Crippen molar-refractivity contribution in [3.05, 3.63) is 35.9 Å². The van der Waals surface area contributed by atoms with Gasteiger partial charge in [-0.15, -0.1) is 0 Å². The molecule has 18 heavy (non-hydrogen) atoms. The lowest BCUT2D eigenvalue weighted by Gasteiger charge is -2.09. The summed E-state index contributed by atoms with van der Waals surface area (Å²) < 4.78 is 3.88. The van der Waals surface area contributed by atoms with Gasteiger partial charge in [-0.2, -0.15) is 10.2 Å². The van der Waals surface area contributed by atoms with Crippen LogP contribution in [0.1, 0.15) is 38.2 Å². The molecule has 0 aliphatic rings. The summed E-state index contributed by atoms with van der Waals surface area (Å²) in [4.78, 5) is 0. The summed E-state index contributed by atoms with van der Waals surface area (Å²) >= 11 is 0. The van der Waals surface area contributed by atoms with E-state index in [9.17, 15) is 0 Å². The molecule has 0 radical (unpaired) electrons. The van der Waals surface area contributed by atoms with Gasteiger partial charge in [0.15, 0.2) is 0 Å². The van der Waals surface area contributed by atoms with Gasteiger partial charge in [-0.05, 0) is 32.9 Å². The van der Waals surface area contributed by atoms with E-state index in [2.05, 4.69) is 42.4 Å². The van der Waals surface area contributed by atoms with Crippen molar-refractivity contribution in [2.45, 2.75) is 46.4 Å². The van der Waals surface area contributed by atoms with Gasteiger partial charge in [0.1, 0.15) is 0 Å². The van der Waals surface area contributed by atoms with E-state index in [1.165, 1.54) is 0 Å². The smallest absolute Gasteiger partial charge is 0.0791 e. The molecule has 2 heterocycles. The highest BCUT2D eigenvalue weighted by Gasteiger charge is 2.08. The molecule has 0 fully saturated rings. The Balaban J connectivity index is 1.89. The number of nitrogens with zero attached hydrogens (tertiary/aromatic N) is 4. The predicted octanol–water partition coefficient (Wildman–Crippen LogP) is 1.97. The van der Waals surface area contributed by atoms with Crippen molar-refractivity contribution in [1.82, 2.24) is 24.9 Å². The van der Waals surface area contributed by atoms with E-state index in [0.717, 1.165) is 31.0 Å². The zero-order valence-corrected chi connectivity index (χ0v) is 11.3. The predicted molar refractivity (Wildman–Crippen MR) is 71.1 cm³/mol. The van der Waals surface area contributed by atoms with Crippen LogP contribution in [0.4, 0.5) is 0 Å². The van der Waals surface area contributed by atoms with E-state index < -0.39 is 0 Å². The van der Waals surface area contributed by atoms with Crippen LogP contribution in [-0.2, 0) is 19.6 Å². The third kappa shape index (κ3) is 2.98. The molecule has 98 valence electrons. The standard InChI is InChI=1S/C13H21N5/c1-4-17-8-6-12(15-17)10-14-11(3)13-7-9-18(5-2)16-13/h6-9,11,14H,4-5,10H2,1-3H3. The maximum Gasteiger partial charge on any atom is 0.0791 e. The highest BCUT2D eigenvalue weighted by atomic mass is 15.3. The lowest BCUT2D eigenvalue weighted by molar-refractivity contribution is 0.531. The Kier molecular flexibility index (Phi) is 4.15.